The first kappa shape index (κ1) is 13.5. The van der Waals surface area contributed by atoms with Crippen molar-refractivity contribution in [1.82, 2.24) is 0 Å². The van der Waals surface area contributed by atoms with Crippen LogP contribution in [0, 0.1) is 0 Å². The van der Waals surface area contributed by atoms with E-state index in [-0.39, 0.29) is 4.35 Å². The Morgan fingerprint density at radius 1 is 0.842 bits per heavy atom. The van der Waals surface area contributed by atoms with E-state index in [4.69, 9.17) is 13.9 Å². The number of anilines is 1. The van der Waals surface area contributed by atoms with Gasteiger partial charge in [-0.2, -0.15) is 0 Å². The van der Waals surface area contributed by atoms with Crippen LogP contribution in [0.1, 0.15) is 0 Å². The van der Waals surface area contributed by atoms with Crippen LogP contribution in [-0.4, -0.2) is 22.4 Å². The van der Waals surface area contributed by atoms with E-state index in [0.29, 0.717) is 17.1 Å². The molecule has 0 heterocycles. The normalized spacial score (nSPS) is 11.9. The van der Waals surface area contributed by atoms with E-state index in [2.05, 4.69) is 10.2 Å². The molecule has 98 valence electrons. The number of hydrogen-bond donors (Lipinski definition) is 3. The van der Waals surface area contributed by atoms with Crippen LogP contribution in [0.2, 0.25) is 0 Å². The Morgan fingerprint density at radius 3 is 1.68 bits per heavy atom. The summed E-state index contributed by atoms with van der Waals surface area (Å²) in [6, 6.07) is 12.6. The van der Waals surface area contributed by atoms with Crippen molar-refractivity contribution in [2.24, 2.45) is 10.2 Å². The van der Waals surface area contributed by atoms with E-state index in [1.54, 1.807) is 24.3 Å². The first-order chi connectivity index (χ1) is 8.95. The minimum absolute atomic E-state index is 0.0181. The molecule has 0 aliphatic heterocycles. The molecule has 19 heavy (non-hydrogen) atoms. The molecule has 0 atom stereocenters. The zero-order valence-electron chi connectivity index (χ0n) is 9.84. The van der Waals surface area contributed by atoms with Gasteiger partial charge in [-0.3, -0.25) is 0 Å². The third-order valence-electron chi connectivity index (χ3n) is 2.36. The van der Waals surface area contributed by atoms with E-state index in [1.165, 1.54) is 24.3 Å². The van der Waals surface area contributed by atoms with E-state index in [9.17, 15) is 3.74 Å². The van der Waals surface area contributed by atoms with Crippen LogP contribution in [0.15, 0.2) is 58.8 Å². The second kappa shape index (κ2) is 5.40. The molecule has 2 aromatic rings. The molecule has 0 unspecified atom stereocenters. The fourth-order valence-corrected chi connectivity index (χ4v) is 2.50. The molecule has 0 bridgehead atoms. The predicted octanol–water partition coefficient (Wildman–Crippen LogP) is 1.25. The number of hydrogen-bond acceptors (Lipinski definition) is 4. The van der Waals surface area contributed by atoms with Crippen molar-refractivity contribution in [3.8, 4) is 0 Å². The zero-order chi connectivity index (χ0) is 13.9. The van der Waals surface area contributed by atoms with Crippen molar-refractivity contribution >= 4 is 35.6 Å². The number of azo groups is 1. The summed E-state index contributed by atoms with van der Waals surface area (Å²) in [7, 11) is 0. The van der Waals surface area contributed by atoms with Gasteiger partial charge in [0.05, 0.1) is 0 Å². The summed E-state index contributed by atoms with van der Waals surface area (Å²) >= 11 is -4.82. The minimum atomic E-state index is -4.82. The first-order valence-corrected chi connectivity index (χ1v) is 8.77. The SMILES string of the molecule is Nc1ccc(/N=N/c2ccc([As](=O)(O)O)cc2)cc1. The molecule has 0 aromatic heterocycles. The summed E-state index contributed by atoms with van der Waals surface area (Å²) in [5, 5.41) is 7.96. The molecule has 0 saturated heterocycles. The van der Waals surface area contributed by atoms with Crippen LogP contribution in [0.3, 0.4) is 0 Å². The molecule has 4 N–H and O–H groups in total. The second-order valence-corrected chi connectivity index (χ2v) is 7.22. The van der Waals surface area contributed by atoms with Crippen LogP contribution in [0.25, 0.3) is 0 Å². The third kappa shape index (κ3) is 3.79. The molecule has 0 saturated carbocycles. The number of benzene rings is 2. The summed E-state index contributed by atoms with van der Waals surface area (Å²) < 4.78 is 29.1. The summed E-state index contributed by atoms with van der Waals surface area (Å²) in [4.78, 5) is 0. The Morgan fingerprint density at radius 2 is 1.26 bits per heavy atom. The maximum atomic E-state index is 11.0. The summed E-state index contributed by atoms with van der Waals surface area (Å²) in [5.74, 6) is 0. The molecule has 0 aliphatic rings. The van der Waals surface area contributed by atoms with Gasteiger partial charge in [-0.15, -0.1) is 0 Å². The van der Waals surface area contributed by atoms with Gasteiger partial charge in [-0.25, -0.2) is 0 Å². The average molecular weight is 321 g/mol. The molecule has 0 amide bonds. The van der Waals surface area contributed by atoms with Crippen LogP contribution in [-0.2, 0) is 3.74 Å². The standard InChI is InChI=1S/C12H12AsN3O3/c14-10-3-7-12(8-4-10)16-15-11-5-1-9(2-6-11)13(17,18)19/h1-8H,14H2,(H2,17,18,19)/b16-15+. The van der Waals surface area contributed by atoms with E-state index < -0.39 is 14.2 Å². The van der Waals surface area contributed by atoms with Crippen molar-refractivity contribution in [3.05, 3.63) is 48.5 Å². The molecule has 0 radical (unpaired) electrons. The molecule has 7 heteroatoms. The van der Waals surface area contributed by atoms with Crippen LogP contribution >= 0.6 is 0 Å². The average Bonchev–Trinajstić information content (AvgIpc) is 2.37. The van der Waals surface area contributed by atoms with Crippen molar-refractivity contribution in [2.45, 2.75) is 0 Å². The Bertz CT molecular complexity index is 632. The van der Waals surface area contributed by atoms with Gasteiger partial charge >= 0.3 is 112 Å². The Balaban J connectivity index is 2.15. The second-order valence-electron chi connectivity index (χ2n) is 3.85. The van der Waals surface area contributed by atoms with E-state index in [0.717, 1.165) is 0 Å². The number of rotatable bonds is 3. The number of nitrogens with zero attached hydrogens (tertiary/aromatic N) is 2. The maximum absolute atomic E-state index is 11.0. The Kier molecular flexibility index (Phi) is 3.85. The van der Waals surface area contributed by atoms with Crippen LogP contribution < -0.4 is 10.1 Å². The van der Waals surface area contributed by atoms with Gasteiger partial charge in [-0.05, 0) is 0 Å². The third-order valence-corrected chi connectivity index (χ3v) is 4.40. The summed E-state index contributed by atoms with van der Waals surface area (Å²) in [6.45, 7) is 0. The van der Waals surface area contributed by atoms with Crippen molar-refractivity contribution in [1.29, 1.82) is 0 Å². The van der Waals surface area contributed by atoms with E-state index in [1.807, 2.05) is 0 Å². The molecule has 0 aliphatic carbocycles. The van der Waals surface area contributed by atoms with Crippen molar-refractivity contribution in [2.75, 3.05) is 5.73 Å². The molecule has 2 rings (SSSR count). The number of nitrogen functional groups attached to an aromatic ring is 1. The van der Waals surface area contributed by atoms with Crippen molar-refractivity contribution < 1.29 is 11.9 Å². The fourth-order valence-electron chi connectivity index (χ4n) is 1.37. The van der Waals surface area contributed by atoms with Crippen molar-refractivity contribution in [3.63, 3.8) is 0 Å². The van der Waals surface area contributed by atoms with Gasteiger partial charge in [0, 0.05) is 0 Å². The summed E-state index contributed by atoms with van der Waals surface area (Å²) in [5.41, 5.74) is 7.36. The molecule has 6 nitrogen and oxygen atoms in total. The van der Waals surface area contributed by atoms with Gasteiger partial charge < -0.3 is 0 Å². The molecule has 0 fully saturated rings. The van der Waals surface area contributed by atoms with Gasteiger partial charge in [0.1, 0.15) is 0 Å². The van der Waals surface area contributed by atoms with Crippen LogP contribution in [0.5, 0.6) is 0 Å². The Labute approximate surface area is 112 Å². The van der Waals surface area contributed by atoms with Gasteiger partial charge in [-0.1, -0.05) is 0 Å². The quantitative estimate of drug-likeness (QED) is 0.449. The topological polar surface area (TPSA) is 108 Å². The number of nitrogens with two attached hydrogens (primary N) is 1. The van der Waals surface area contributed by atoms with E-state index >= 15 is 0 Å². The van der Waals surface area contributed by atoms with Gasteiger partial charge in [0.15, 0.2) is 0 Å². The summed E-state index contributed by atoms with van der Waals surface area (Å²) in [6.07, 6.45) is 0. The molecule has 2 aromatic carbocycles. The predicted molar refractivity (Wildman–Crippen MR) is 72.0 cm³/mol. The van der Waals surface area contributed by atoms with Gasteiger partial charge in [0.25, 0.3) is 0 Å². The molecular weight excluding hydrogens is 309 g/mol. The monoisotopic (exact) mass is 321 g/mol. The fraction of sp³-hybridized carbons (Fsp3) is 0. The Hall–Kier alpha value is -1.88. The molecule has 0 spiro atoms. The zero-order valence-corrected chi connectivity index (χ0v) is 11.7. The van der Waals surface area contributed by atoms with Crippen LogP contribution in [0.4, 0.5) is 17.1 Å². The van der Waals surface area contributed by atoms with Gasteiger partial charge in [0.2, 0.25) is 0 Å². The molecular formula is C12H12AsN3O3. The first-order valence-electron chi connectivity index (χ1n) is 5.38.